The van der Waals surface area contributed by atoms with Gasteiger partial charge in [-0.15, -0.1) is 0 Å². The molecule has 6 nitrogen and oxygen atoms in total. The molecule has 0 amide bonds. The fraction of sp³-hybridized carbons (Fsp3) is 0.231. The molecule has 8 heteroatoms. The Hall–Kier alpha value is -1.67. The molecule has 0 saturated carbocycles. The molecule has 0 aliphatic heterocycles. The molecule has 2 rings (SSSR count). The maximum atomic E-state index is 12.2. The van der Waals surface area contributed by atoms with E-state index in [2.05, 4.69) is 35.9 Å². The van der Waals surface area contributed by atoms with Gasteiger partial charge < -0.3 is 5.32 Å². The second-order valence-electron chi connectivity index (χ2n) is 4.25. The van der Waals surface area contributed by atoms with Crippen LogP contribution < -0.4 is 10.0 Å². The van der Waals surface area contributed by atoms with Crippen molar-refractivity contribution in [3.63, 3.8) is 0 Å². The number of para-hydroxylation sites is 1. The van der Waals surface area contributed by atoms with Crippen LogP contribution >= 0.6 is 15.9 Å². The molecular weight excluding hydrogens is 356 g/mol. The maximum Gasteiger partial charge on any atom is 0.265 e. The van der Waals surface area contributed by atoms with Gasteiger partial charge in [-0.3, -0.25) is 4.72 Å². The lowest BCUT2D eigenvalue weighted by Gasteiger charge is -2.09. The summed E-state index contributed by atoms with van der Waals surface area (Å²) >= 11 is 3.29. The molecule has 2 N–H and O–H groups in total. The van der Waals surface area contributed by atoms with Crippen LogP contribution in [0.3, 0.4) is 0 Å². The standard InChI is InChI=1S/C13H15BrN4O2S/c1-2-7-15-13-16-8-10(9-17-13)21(19,20)18-12-6-4-3-5-11(12)14/h3-6,8-9,18H,2,7H2,1H3,(H,15,16,17). The SMILES string of the molecule is CCCNc1ncc(S(=O)(=O)Nc2ccccc2Br)cn1. The van der Waals surface area contributed by atoms with Crippen LogP contribution in [0.1, 0.15) is 13.3 Å². The van der Waals surface area contributed by atoms with Crippen molar-refractivity contribution in [3.8, 4) is 0 Å². The summed E-state index contributed by atoms with van der Waals surface area (Å²) in [5.41, 5.74) is 0.464. The Kier molecular flexibility index (Phi) is 5.13. The first kappa shape index (κ1) is 15.7. The molecule has 0 unspecified atom stereocenters. The Morgan fingerprint density at radius 2 is 1.86 bits per heavy atom. The van der Waals surface area contributed by atoms with Crippen LogP contribution in [0.2, 0.25) is 0 Å². The van der Waals surface area contributed by atoms with E-state index in [1.54, 1.807) is 24.3 Å². The van der Waals surface area contributed by atoms with Crippen LogP contribution in [0.5, 0.6) is 0 Å². The van der Waals surface area contributed by atoms with Crippen LogP contribution in [0.15, 0.2) is 46.0 Å². The number of nitrogens with zero attached hydrogens (tertiary/aromatic N) is 2. The molecule has 0 aliphatic rings. The molecule has 0 fully saturated rings. The molecule has 2 aromatic rings. The van der Waals surface area contributed by atoms with Gasteiger partial charge in [-0.05, 0) is 34.5 Å². The van der Waals surface area contributed by atoms with Crippen molar-refractivity contribution in [1.82, 2.24) is 9.97 Å². The number of nitrogens with one attached hydrogen (secondary N) is 2. The molecule has 0 spiro atoms. The number of sulfonamides is 1. The van der Waals surface area contributed by atoms with Crippen LogP contribution in [0.4, 0.5) is 11.6 Å². The summed E-state index contributed by atoms with van der Waals surface area (Å²) in [6, 6.07) is 6.97. The zero-order valence-electron chi connectivity index (χ0n) is 11.4. The van der Waals surface area contributed by atoms with Gasteiger partial charge in [0, 0.05) is 11.0 Å². The van der Waals surface area contributed by atoms with Crippen molar-refractivity contribution >= 4 is 37.6 Å². The third-order valence-corrected chi connectivity index (χ3v) is 4.60. The predicted octanol–water partition coefficient (Wildman–Crippen LogP) is 2.86. The van der Waals surface area contributed by atoms with Gasteiger partial charge in [0.2, 0.25) is 5.95 Å². The summed E-state index contributed by atoms with van der Waals surface area (Å²) in [4.78, 5) is 8.00. The Balaban J connectivity index is 2.18. The van der Waals surface area contributed by atoms with E-state index in [-0.39, 0.29) is 4.90 Å². The predicted molar refractivity (Wildman–Crippen MR) is 85.8 cm³/mol. The topological polar surface area (TPSA) is 84.0 Å². The monoisotopic (exact) mass is 370 g/mol. The van der Waals surface area contributed by atoms with Crippen molar-refractivity contribution in [2.45, 2.75) is 18.2 Å². The van der Waals surface area contributed by atoms with Crippen LogP contribution in [0, 0.1) is 0 Å². The second-order valence-corrected chi connectivity index (χ2v) is 6.79. The van der Waals surface area contributed by atoms with E-state index >= 15 is 0 Å². The van der Waals surface area contributed by atoms with E-state index < -0.39 is 10.0 Å². The Morgan fingerprint density at radius 3 is 2.48 bits per heavy atom. The third kappa shape index (κ3) is 4.15. The van der Waals surface area contributed by atoms with Gasteiger partial charge in [0.1, 0.15) is 4.90 Å². The number of hydrogen-bond acceptors (Lipinski definition) is 5. The lowest BCUT2D eigenvalue weighted by molar-refractivity contribution is 0.600. The highest BCUT2D eigenvalue weighted by atomic mass is 79.9. The minimum atomic E-state index is -3.71. The summed E-state index contributed by atoms with van der Waals surface area (Å²) < 4.78 is 27.6. The highest BCUT2D eigenvalue weighted by molar-refractivity contribution is 9.10. The Morgan fingerprint density at radius 1 is 1.19 bits per heavy atom. The fourth-order valence-corrected chi connectivity index (χ4v) is 3.01. The first-order valence-corrected chi connectivity index (χ1v) is 8.64. The lowest BCUT2D eigenvalue weighted by Crippen LogP contribution is -2.14. The van der Waals surface area contributed by atoms with Gasteiger partial charge in [-0.2, -0.15) is 0 Å². The van der Waals surface area contributed by atoms with Crippen molar-refractivity contribution in [1.29, 1.82) is 0 Å². The van der Waals surface area contributed by atoms with Crippen molar-refractivity contribution in [3.05, 3.63) is 41.1 Å². The summed E-state index contributed by atoms with van der Waals surface area (Å²) in [5.74, 6) is 0.414. The first-order valence-electron chi connectivity index (χ1n) is 6.36. The molecule has 0 bridgehead atoms. The number of rotatable bonds is 6. The molecule has 21 heavy (non-hydrogen) atoms. The minimum Gasteiger partial charge on any atom is -0.354 e. The zero-order valence-corrected chi connectivity index (χ0v) is 13.8. The van der Waals surface area contributed by atoms with E-state index in [1.165, 1.54) is 12.4 Å². The fourth-order valence-electron chi connectivity index (χ4n) is 1.53. The van der Waals surface area contributed by atoms with E-state index in [4.69, 9.17) is 0 Å². The summed E-state index contributed by atoms with van der Waals surface area (Å²) in [7, 11) is -3.71. The molecule has 0 radical (unpaired) electrons. The van der Waals surface area contributed by atoms with Gasteiger partial charge in [-0.1, -0.05) is 19.1 Å². The smallest absolute Gasteiger partial charge is 0.265 e. The van der Waals surface area contributed by atoms with E-state index in [0.29, 0.717) is 16.1 Å². The van der Waals surface area contributed by atoms with Crippen molar-refractivity contribution in [2.75, 3.05) is 16.6 Å². The first-order chi connectivity index (χ1) is 10.0. The molecule has 0 aliphatic carbocycles. The average Bonchev–Trinajstić information content (AvgIpc) is 2.48. The largest absolute Gasteiger partial charge is 0.354 e. The summed E-state index contributed by atoms with van der Waals surface area (Å²) in [5, 5.41) is 2.99. The summed E-state index contributed by atoms with van der Waals surface area (Å²) in [6.45, 7) is 2.76. The summed E-state index contributed by atoms with van der Waals surface area (Å²) in [6.07, 6.45) is 3.50. The minimum absolute atomic E-state index is 0.0142. The molecule has 1 aromatic heterocycles. The Labute approximate surface area is 132 Å². The van der Waals surface area contributed by atoms with Crippen LogP contribution in [-0.4, -0.2) is 24.9 Å². The normalized spacial score (nSPS) is 11.1. The third-order valence-electron chi connectivity index (χ3n) is 2.59. The van der Waals surface area contributed by atoms with Gasteiger partial charge >= 0.3 is 0 Å². The number of aromatic nitrogens is 2. The van der Waals surface area contributed by atoms with Crippen LogP contribution in [0.25, 0.3) is 0 Å². The number of halogens is 1. The molecule has 1 heterocycles. The van der Waals surface area contributed by atoms with Gasteiger partial charge in [0.15, 0.2) is 0 Å². The average molecular weight is 371 g/mol. The van der Waals surface area contributed by atoms with E-state index in [9.17, 15) is 8.42 Å². The van der Waals surface area contributed by atoms with E-state index in [1.807, 2.05) is 6.92 Å². The zero-order chi connectivity index (χ0) is 15.3. The van der Waals surface area contributed by atoms with Gasteiger partial charge in [-0.25, -0.2) is 18.4 Å². The number of benzene rings is 1. The highest BCUT2D eigenvalue weighted by Crippen LogP contribution is 2.24. The van der Waals surface area contributed by atoms with E-state index in [0.717, 1.165) is 13.0 Å². The second kappa shape index (κ2) is 6.86. The molecule has 0 saturated heterocycles. The van der Waals surface area contributed by atoms with Crippen LogP contribution in [-0.2, 0) is 10.0 Å². The number of hydrogen-bond donors (Lipinski definition) is 2. The van der Waals surface area contributed by atoms with Gasteiger partial charge in [0.05, 0.1) is 18.1 Å². The molecule has 0 atom stereocenters. The molecule has 112 valence electrons. The van der Waals surface area contributed by atoms with Crippen molar-refractivity contribution < 1.29 is 8.42 Å². The highest BCUT2D eigenvalue weighted by Gasteiger charge is 2.16. The lowest BCUT2D eigenvalue weighted by atomic mass is 10.3. The quantitative estimate of drug-likeness (QED) is 0.816. The molecule has 1 aromatic carbocycles. The molecular formula is C13H15BrN4O2S. The Bertz CT molecular complexity index is 704. The van der Waals surface area contributed by atoms with Crippen molar-refractivity contribution in [2.24, 2.45) is 0 Å². The van der Waals surface area contributed by atoms with Gasteiger partial charge in [0.25, 0.3) is 10.0 Å². The maximum absolute atomic E-state index is 12.2. The number of anilines is 2.